The normalized spacial score (nSPS) is 12.0. The van der Waals surface area contributed by atoms with Crippen LogP contribution < -0.4 is 5.73 Å². The first kappa shape index (κ1) is 15.1. The van der Waals surface area contributed by atoms with E-state index in [-0.39, 0.29) is 23.8 Å². The van der Waals surface area contributed by atoms with Crippen molar-refractivity contribution >= 4 is 21.4 Å². The summed E-state index contributed by atoms with van der Waals surface area (Å²) in [5.41, 5.74) is 6.14. The van der Waals surface area contributed by atoms with Crippen molar-refractivity contribution < 1.29 is 12.8 Å². The summed E-state index contributed by atoms with van der Waals surface area (Å²) in [4.78, 5) is 0.847. The molecule has 0 saturated carbocycles. The van der Waals surface area contributed by atoms with E-state index in [0.717, 1.165) is 0 Å². The largest absolute Gasteiger partial charge is 0.326 e. The molecule has 2 N–H and O–H groups in total. The molecule has 2 aromatic rings. The van der Waals surface area contributed by atoms with Gasteiger partial charge < -0.3 is 5.73 Å². The van der Waals surface area contributed by atoms with Gasteiger partial charge in [-0.15, -0.1) is 11.3 Å². The minimum absolute atomic E-state index is 0.111. The van der Waals surface area contributed by atoms with Crippen LogP contribution in [0, 0.1) is 5.82 Å². The maximum atomic E-state index is 13.1. The Hall–Kier alpha value is -1.28. The van der Waals surface area contributed by atoms with Crippen molar-refractivity contribution in [1.29, 1.82) is 0 Å². The van der Waals surface area contributed by atoms with Gasteiger partial charge in [0.25, 0.3) is 0 Å². The summed E-state index contributed by atoms with van der Waals surface area (Å²) in [5.74, 6) is -0.383. The summed E-state index contributed by atoms with van der Waals surface area (Å²) in [5, 5.41) is 1.70. The molecule has 0 aliphatic heterocycles. The van der Waals surface area contributed by atoms with Crippen LogP contribution in [0.1, 0.15) is 10.4 Å². The lowest BCUT2D eigenvalue weighted by Gasteiger charge is -2.17. The van der Waals surface area contributed by atoms with Crippen LogP contribution in [-0.2, 0) is 23.1 Å². The number of hydrogen-bond donors (Lipinski definition) is 1. The highest BCUT2D eigenvalue weighted by Crippen LogP contribution is 2.25. The van der Waals surface area contributed by atoms with E-state index in [2.05, 4.69) is 0 Å². The van der Waals surface area contributed by atoms with E-state index in [1.165, 1.54) is 34.8 Å². The molecule has 0 radical (unpaired) electrons. The maximum Gasteiger partial charge on any atom is 0.244 e. The van der Waals surface area contributed by atoms with Gasteiger partial charge in [0.1, 0.15) is 5.82 Å². The van der Waals surface area contributed by atoms with Crippen molar-refractivity contribution in [3.05, 3.63) is 52.0 Å². The number of halogens is 1. The zero-order valence-corrected chi connectivity index (χ0v) is 12.5. The maximum absolute atomic E-state index is 13.1. The summed E-state index contributed by atoms with van der Waals surface area (Å²) >= 11 is 1.31. The highest BCUT2D eigenvalue weighted by molar-refractivity contribution is 7.89. The van der Waals surface area contributed by atoms with Gasteiger partial charge >= 0.3 is 0 Å². The lowest BCUT2D eigenvalue weighted by molar-refractivity contribution is 0.465. The monoisotopic (exact) mass is 314 g/mol. The number of thiophene rings is 1. The molecule has 0 unspecified atom stereocenters. The summed E-state index contributed by atoms with van der Waals surface area (Å²) < 4.78 is 39.2. The van der Waals surface area contributed by atoms with Crippen LogP contribution in [0.2, 0.25) is 0 Å². The first-order valence-corrected chi connectivity index (χ1v) is 8.24. The highest BCUT2D eigenvalue weighted by Gasteiger charge is 2.24. The first-order valence-electron chi connectivity index (χ1n) is 5.92. The van der Waals surface area contributed by atoms with Crippen LogP contribution in [0.25, 0.3) is 0 Å². The first-order chi connectivity index (χ1) is 9.45. The fraction of sp³-hybridized carbons (Fsp3) is 0.231. The molecular formula is C13H15FN2O2S2. The Morgan fingerprint density at radius 3 is 2.75 bits per heavy atom. The van der Waals surface area contributed by atoms with Crippen LogP contribution >= 0.6 is 11.3 Å². The van der Waals surface area contributed by atoms with Gasteiger partial charge in [-0.05, 0) is 29.1 Å². The van der Waals surface area contributed by atoms with Gasteiger partial charge in [-0.3, -0.25) is 0 Å². The van der Waals surface area contributed by atoms with Gasteiger partial charge in [0.15, 0.2) is 0 Å². The molecule has 0 spiro atoms. The highest BCUT2D eigenvalue weighted by atomic mass is 32.2. The van der Waals surface area contributed by atoms with Crippen LogP contribution in [-0.4, -0.2) is 19.8 Å². The molecule has 1 heterocycles. The zero-order valence-electron chi connectivity index (χ0n) is 10.9. The number of nitrogens with two attached hydrogens (primary N) is 1. The average Bonchev–Trinajstić information content (AvgIpc) is 2.87. The predicted molar refractivity (Wildman–Crippen MR) is 77.3 cm³/mol. The van der Waals surface area contributed by atoms with Gasteiger partial charge in [0, 0.05) is 25.0 Å². The second-order valence-corrected chi connectivity index (χ2v) is 7.32. The Kier molecular flexibility index (Phi) is 4.54. The van der Waals surface area contributed by atoms with E-state index in [0.29, 0.717) is 10.4 Å². The number of sulfonamides is 1. The second kappa shape index (κ2) is 6.01. The van der Waals surface area contributed by atoms with E-state index in [9.17, 15) is 12.8 Å². The summed E-state index contributed by atoms with van der Waals surface area (Å²) in [6, 6.07) is 7.44. The summed E-state index contributed by atoms with van der Waals surface area (Å²) in [6.07, 6.45) is 0. The van der Waals surface area contributed by atoms with E-state index < -0.39 is 10.0 Å². The molecule has 0 aliphatic rings. The summed E-state index contributed by atoms with van der Waals surface area (Å²) in [6.45, 7) is 0.292. The quantitative estimate of drug-likeness (QED) is 0.920. The third-order valence-corrected chi connectivity index (χ3v) is 5.83. The molecule has 0 bridgehead atoms. The summed E-state index contributed by atoms with van der Waals surface area (Å²) in [7, 11) is -2.14. The number of hydrogen-bond acceptors (Lipinski definition) is 4. The molecule has 0 aliphatic carbocycles. The molecule has 0 amide bonds. The second-order valence-electron chi connectivity index (χ2n) is 4.30. The Bertz CT molecular complexity index is 698. The van der Waals surface area contributed by atoms with Gasteiger partial charge in [-0.2, -0.15) is 4.31 Å². The van der Waals surface area contributed by atoms with Gasteiger partial charge in [-0.25, -0.2) is 12.8 Å². The Morgan fingerprint density at radius 1 is 1.35 bits per heavy atom. The lowest BCUT2D eigenvalue weighted by Crippen LogP contribution is -2.27. The van der Waals surface area contributed by atoms with E-state index in [1.807, 2.05) is 0 Å². The Labute approximate surface area is 121 Å². The van der Waals surface area contributed by atoms with Crippen LogP contribution in [0.5, 0.6) is 0 Å². The molecule has 0 atom stereocenters. The van der Waals surface area contributed by atoms with Gasteiger partial charge in [-0.1, -0.05) is 12.1 Å². The SMILES string of the molecule is CN(Cc1cccc(F)c1)S(=O)(=O)c1ccsc1CN. The van der Waals surface area contributed by atoms with Crippen molar-refractivity contribution in [2.24, 2.45) is 5.73 Å². The molecule has 20 heavy (non-hydrogen) atoms. The van der Waals surface area contributed by atoms with Crippen molar-refractivity contribution in [2.45, 2.75) is 18.0 Å². The molecule has 1 aromatic carbocycles. The zero-order chi connectivity index (χ0) is 14.8. The molecule has 0 saturated heterocycles. The molecule has 4 nitrogen and oxygen atoms in total. The standard InChI is InChI=1S/C13H15FN2O2S2/c1-16(9-10-3-2-4-11(14)7-10)20(17,18)13-5-6-19-12(13)8-15/h2-7H,8-9,15H2,1H3. The molecule has 0 fully saturated rings. The number of benzene rings is 1. The predicted octanol–water partition coefficient (Wildman–Crippen LogP) is 2.17. The molecule has 108 valence electrons. The van der Waals surface area contributed by atoms with Crippen LogP contribution in [0.4, 0.5) is 4.39 Å². The molecule has 2 rings (SSSR count). The third-order valence-electron chi connectivity index (χ3n) is 2.87. The molecule has 1 aromatic heterocycles. The Morgan fingerprint density at radius 2 is 2.10 bits per heavy atom. The van der Waals surface area contributed by atoms with Gasteiger partial charge in [0.05, 0.1) is 4.90 Å². The van der Waals surface area contributed by atoms with E-state index >= 15 is 0 Å². The smallest absolute Gasteiger partial charge is 0.244 e. The fourth-order valence-electron chi connectivity index (χ4n) is 1.85. The van der Waals surface area contributed by atoms with Crippen molar-refractivity contribution in [3.63, 3.8) is 0 Å². The Balaban J connectivity index is 2.26. The van der Waals surface area contributed by atoms with Gasteiger partial charge in [0.2, 0.25) is 10.0 Å². The third kappa shape index (κ3) is 3.06. The fourth-order valence-corrected chi connectivity index (χ4v) is 4.31. The number of nitrogens with zero attached hydrogens (tertiary/aromatic N) is 1. The molecule has 7 heteroatoms. The van der Waals surface area contributed by atoms with Crippen molar-refractivity contribution in [3.8, 4) is 0 Å². The van der Waals surface area contributed by atoms with E-state index in [4.69, 9.17) is 5.73 Å². The van der Waals surface area contributed by atoms with E-state index in [1.54, 1.807) is 23.6 Å². The average molecular weight is 314 g/mol. The molecular weight excluding hydrogens is 299 g/mol. The topological polar surface area (TPSA) is 63.4 Å². The van der Waals surface area contributed by atoms with Crippen LogP contribution in [0.3, 0.4) is 0 Å². The van der Waals surface area contributed by atoms with Crippen molar-refractivity contribution in [2.75, 3.05) is 7.05 Å². The lowest BCUT2D eigenvalue weighted by atomic mass is 10.2. The minimum atomic E-state index is -3.61. The number of rotatable bonds is 5. The van der Waals surface area contributed by atoms with Crippen molar-refractivity contribution in [1.82, 2.24) is 4.31 Å². The minimum Gasteiger partial charge on any atom is -0.326 e. The van der Waals surface area contributed by atoms with Crippen LogP contribution in [0.15, 0.2) is 40.6 Å².